The number of carboxylic acids is 1. The maximum atomic E-state index is 12.6. The van der Waals surface area contributed by atoms with Crippen molar-refractivity contribution in [3.8, 4) is 0 Å². The molecule has 0 bridgehead atoms. The molecule has 1 atom stereocenters. The van der Waals surface area contributed by atoms with Gasteiger partial charge in [-0.2, -0.15) is 0 Å². The number of carbonyl (C=O) groups excluding carboxylic acids is 2. The summed E-state index contributed by atoms with van der Waals surface area (Å²) in [6.07, 6.45) is 0.177. The van der Waals surface area contributed by atoms with Gasteiger partial charge in [-0.3, -0.25) is 9.59 Å². The largest absolute Gasteiger partial charge is 0.479 e. The zero-order chi connectivity index (χ0) is 19.9. The average Bonchev–Trinajstić information content (AvgIpc) is 2.66. The van der Waals surface area contributed by atoms with Crippen molar-refractivity contribution in [2.24, 2.45) is 5.92 Å². The van der Waals surface area contributed by atoms with Crippen LogP contribution in [0.1, 0.15) is 41.0 Å². The second kappa shape index (κ2) is 8.98. The van der Waals surface area contributed by atoms with Crippen molar-refractivity contribution < 1.29 is 19.5 Å². The quantitative estimate of drug-likeness (QED) is 0.668. The summed E-state index contributed by atoms with van der Waals surface area (Å²) in [6, 6.07) is 16.9. The Morgan fingerprint density at radius 2 is 1.37 bits per heavy atom. The fourth-order valence-electron chi connectivity index (χ4n) is 2.88. The molecule has 0 spiro atoms. The van der Waals surface area contributed by atoms with Gasteiger partial charge in [0.25, 0.3) is 11.8 Å². The van der Waals surface area contributed by atoms with Crippen LogP contribution in [0.15, 0.2) is 60.7 Å². The summed E-state index contributed by atoms with van der Waals surface area (Å²) in [6.45, 7) is 3.52. The maximum absolute atomic E-state index is 12.6. The van der Waals surface area contributed by atoms with Crippen LogP contribution in [0.5, 0.6) is 0 Å². The molecule has 0 saturated carbocycles. The van der Waals surface area contributed by atoms with E-state index >= 15 is 0 Å². The number of benzene rings is 2. The van der Waals surface area contributed by atoms with Crippen LogP contribution in [0.3, 0.4) is 0 Å². The van der Waals surface area contributed by atoms with E-state index in [9.17, 15) is 19.5 Å². The molecule has 0 saturated heterocycles. The van der Waals surface area contributed by atoms with Crippen molar-refractivity contribution in [2.75, 3.05) is 6.54 Å². The molecule has 3 N–H and O–H groups in total. The van der Waals surface area contributed by atoms with Gasteiger partial charge in [-0.25, -0.2) is 4.79 Å². The molecule has 0 aliphatic carbocycles. The number of aliphatic carboxylic acids is 1. The van der Waals surface area contributed by atoms with Gasteiger partial charge in [-0.1, -0.05) is 50.2 Å². The molecule has 2 aromatic rings. The molecule has 0 fully saturated rings. The minimum atomic E-state index is -1.61. The fourth-order valence-corrected chi connectivity index (χ4v) is 2.88. The Hall–Kier alpha value is -3.15. The maximum Gasteiger partial charge on any atom is 0.331 e. The number of hydrogen-bond donors (Lipinski definition) is 3. The lowest BCUT2D eigenvalue weighted by Crippen LogP contribution is -2.61. The Labute approximate surface area is 158 Å². The molecule has 2 aromatic carbocycles. The zero-order valence-electron chi connectivity index (χ0n) is 15.4. The highest BCUT2D eigenvalue weighted by molar-refractivity contribution is 5.99. The van der Waals surface area contributed by atoms with E-state index in [2.05, 4.69) is 10.6 Å². The first-order valence-electron chi connectivity index (χ1n) is 8.78. The second-order valence-corrected chi connectivity index (χ2v) is 6.85. The van der Waals surface area contributed by atoms with Crippen LogP contribution in [0.2, 0.25) is 0 Å². The van der Waals surface area contributed by atoms with E-state index in [0.29, 0.717) is 11.1 Å². The highest BCUT2D eigenvalue weighted by Crippen LogP contribution is 2.19. The van der Waals surface area contributed by atoms with Gasteiger partial charge in [0.2, 0.25) is 0 Å². The summed E-state index contributed by atoms with van der Waals surface area (Å²) in [5, 5.41) is 15.2. The molecule has 142 valence electrons. The molecule has 1 unspecified atom stereocenters. The molecule has 27 heavy (non-hydrogen) atoms. The lowest BCUT2D eigenvalue weighted by atomic mass is 9.88. The Kier molecular flexibility index (Phi) is 6.71. The third-order valence-corrected chi connectivity index (χ3v) is 4.14. The zero-order valence-corrected chi connectivity index (χ0v) is 15.4. The van der Waals surface area contributed by atoms with Crippen LogP contribution < -0.4 is 10.6 Å². The Morgan fingerprint density at radius 1 is 0.889 bits per heavy atom. The van der Waals surface area contributed by atoms with Crippen LogP contribution in [-0.2, 0) is 4.79 Å². The van der Waals surface area contributed by atoms with Crippen molar-refractivity contribution in [3.63, 3.8) is 0 Å². The summed E-state index contributed by atoms with van der Waals surface area (Å²) in [5.74, 6) is -2.08. The van der Waals surface area contributed by atoms with Gasteiger partial charge >= 0.3 is 5.97 Å². The van der Waals surface area contributed by atoms with Crippen LogP contribution in [0.25, 0.3) is 0 Å². The molecular formula is C21H24N2O4. The van der Waals surface area contributed by atoms with Crippen LogP contribution in [0, 0.1) is 5.92 Å². The molecule has 0 radical (unpaired) electrons. The van der Waals surface area contributed by atoms with Gasteiger partial charge in [0, 0.05) is 11.1 Å². The summed E-state index contributed by atoms with van der Waals surface area (Å²) >= 11 is 0. The molecular weight excluding hydrogens is 344 g/mol. The van der Waals surface area contributed by atoms with Gasteiger partial charge in [0.15, 0.2) is 5.54 Å². The summed E-state index contributed by atoms with van der Waals surface area (Å²) in [5.41, 5.74) is -0.817. The standard InChI is InChI=1S/C21H24N2O4/c1-15(2)13-21(20(26)27,23-19(25)17-11-7-4-8-12-17)14-22-18(24)16-9-5-3-6-10-16/h3-12,15H,13-14H2,1-2H3,(H,22,24)(H,23,25)(H,26,27). The number of carbonyl (C=O) groups is 3. The molecule has 6 nitrogen and oxygen atoms in total. The van der Waals surface area contributed by atoms with Crippen LogP contribution in [-0.4, -0.2) is 35.0 Å². The van der Waals surface area contributed by atoms with Gasteiger partial charge < -0.3 is 15.7 Å². The predicted molar refractivity (Wildman–Crippen MR) is 103 cm³/mol. The number of amides is 2. The minimum Gasteiger partial charge on any atom is -0.479 e. The predicted octanol–water partition coefficient (Wildman–Crippen LogP) is 2.72. The van der Waals surface area contributed by atoms with E-state index in [4.69, 9.17) is 0 Å². The summed E-state index contributed by atoms with van der Waals surface area (Å²) < 4.78 is 0. The average molecular weight is 368 g/mol. The highest BCUT2D eigenvalue weighted by Gasteiger charge is 2.41. The van der Waals surface area contributed by atoms with E-state index in [1.54, 1.807) is 60.7 Å². The number of rotatable bonds is 8. The van der Waals surface area contributed by atoms with E-state index in [1.807, 2.05) is 13.8 Å². The molecule has 2 amide bonds. The lowest BCUT2D eigenvalue weighted by Gasteiger charge is -2.32. The van der Waals surface area contributed by atoms with Crippen LogP contribution in [0.4, 0.5) is 0 Å². The van der Waals surface area contributed by atoms with Gasteiger partial charge in [0.05, 0.1) is 6.54 Å². The van der Waals surface area contributed by atoms with E-state index in [1.165, 1.54) is 0 Å². The van der Waals surface area contributed by atoms with Gasteiger partial charge in [-0.15, -0.1) is 0 Å². The highest BCUT2D eigenvalue weighted by atomic mass is 16.4. The van der Waals surface area contributed by atoms with Crippen molar-refractivity contribution >= 4 is 17.8 Å². The Bertz CT molecular complexity index is 790. The minimum absolute atomic E-state index is 0.00852. The van der Waals surface area contributed by atoms with Crippen LogP contribution >= 0.6 is 0 Å². The number of hydrogen-bond acceptors (Lipinski definition) is 3. The normalized spacial score (nSPS) is 12.9. The second-order valence-electron chi connectivity index (χ2n) is 6.85. The lowest BCUT2D eigenvalue weighted by molar-refractivity contribution is -0.145. The SMILES string of the molecule is CC(C)CC(CNC(=O)c1ccccc1)(NC(=O)c1ccccc1)C(=O)O. The van der Waals surface area contributed by atoms with Crippen molar-refractivity contribution in [2.45, 2.75) is 25.8 Å². The summed E-state index contributed by atoms with van der Waals surface area (Å²) in [4.78, 5) is 37.0. The van der Waals surface area contributed by atoms with Crippen molar-refractivity contribution in [1.29, 1.82) is 0 Å². The molecule has 6 heteroatoms. The van der Waals surface area contributed by atoms with E-state index in [-0.39, 0.29) is 24.8 Å². The molecule has 0 aliphatic rings. The topological polar surface area (TPSA) is 95.5 Å². The third-order valence-electron chi connectivity index (χ3n) is 4.14. The number of nitrogens with one attached hydrogen (secondary N) is 2. The molecule has 2 rings (SSSR count). The van der Waals surface area contributed by atoms with Gasteiger partial charge in [-0.05, 0) is 36.6 Å². The monoisotopic (exact) mass is 368 g/mol. The first kappa shape index (κ1) is 20.2. The van der Waals surface area contributed by atoms with Gasteiger partial charge in [0.1, 0.15) is 0 Å². The first-order valence-corrected chi connectivity index (χ1v) is 8.78. The molecule has 0 heterocycles. The van der Waals surface area contributed by atoms with E-state index < -0.39 is 17.4 Å². The summed E-state index contributed by atoms with van der Waals surface area (Å²) in [7, 11) is 0. The van der Waals surface area contributed by atoms with E-state index in [0.717, 1.165) is 0 Å². The molecule has 0 aliphatic heterocycles. The first-order chi connectivity index (χ1) is 12.8. The number of carboxylic acid groups (broad SMARTS) is 1. The fraction of sp³-hybridized carbons (Fsp3) is 0.286. The Balaban J connectivity index is 2.22. The Morgan fingerprint density at radius 3 is 1.81 bits per heavy atom. The smallest absolute Gasteiger partial charge is 0.331 e. The van der Waals surface area contributed by atoms with Crippen molar-refractivity contribution in [3.05, 3.63) is 71.8 Å². The molecule has 0 aromatic heterocycles. The third kappa shape index (κ3) is 5.41. The van der Waals surface area contributed by atoms with Crippen molar-refractivity contribution in [1.82, 2.24) is 10.6 Å².